The first-order chi connectivity index (χ1) is 9.33. The second-order valence-corrected chi connectivity index (χ2v) is 4.75. The van der Waals surface area contributed by atoms with Gasteiger partial charge in [-0.15, -0.1) is 0 Å². The van der Waals surface area contributed by atoms with Crippen LogP contribution in [0.1, 0.15) is 12.8 Å². The predicted octanol–water partition coefficient (Wildman–Crippen LogP) is 1.73. The third-order valence-electron chi connectivity index (χ3n) is 3.39. The molecule has 100 valence electrons. The molecule has 1 aliphatic rings. The van der Waals surface area contributed by atoms with Gasteiger partial charge < -0.3 is 9.47 Å². The smallest absolute Gasteiger partial charge is 0.297 e. The molecule has 0 radical (unpaired) electrons. The Labute approximate surface area is 110 Å². The van der Waals surface area contributed by atoms with E-state index in [4.69, 9.17) is 9.47 Å². The lowest BCUT2D eigenvalue weighted by molar-refractivity contribution is 0.0482. The molecule has 5 heteroatoms. The van der Waals surface area contributed by atoms with Gasteiger partial charge in [0.15, 0.2) is 0 Å². The molecule has 19 heavy (non-hydrogen) atoms. The van der Waals surface area contributed by atoms with Gasteiger partial charge in [0, 0.05) is 13.2 Å². The van der Waals surface area contributed by atoms with Crippen LogP contribution in [0.25, 0.3) is 10.9 Å². The molecule has 1 fully saturated rings. The molecule has 1 aliphatic heterocycles. The lowest BCUT2D eigenvalue weighted by Crippen LogP contribution is -2.22. The van der Waals surface area contributed by atoms with Crippen molar-refractivity contribution < 1.29 is 9.47 Å². The number of rotatable bonds is 3. The Morgan fingerprint density at radius 2 is 2.11 bits per heavy atom. The van der Waals surface area contributed by atoms with Gasteiger partial charge in [-0.3, -0.25) is 9.78 Å². The molecule has 1 aromatic carbocycles. The predicted molar refractivity (Wildman–Crippen MR) is 71.4 cm³/mol. The van der Waals surface area contributed by atoms with Crippen LogP contribution in [-0.4, -0.2) is 29.8 Å². The maximum atomic E-state index is 11.9. The van der Waals surface area contributed by atoms with Gasteiger partial charge in [0.1, 0.15) is 0 Å². The number of fused-ring (bicyclic) bond motifs is 1. The molecule has 2 aromatic rings. The van der Waals surface area contributed by atoms with Crippen molar-refractivity contribution in [3.63, 3.8) is 0 Å². The molecule has 0 aliphatic carbocycles. The summed E-state index contributed by atoms with van der Waals surface area (Å²) in [5, 5.41) is 0.584. The van der Waals surface area contributed by atoms with Crippen LogP contribution in [0.3, 0.4) is 0 Å². The third kappa shape index (κ3) is 2.76. The molecular weight excluding hydrogens is 244 g/mol. The Balaban J connectivity index is 1.75. The average molecular weight is 260 g/mol. The molecule has 1 N–H and O–H groups in total. The second-order valence-electron chi connectivity index (χ2n) is 4.75. The van der Waals surface area contributed by atoms with Crippen molar-refractivity contribution in [2.24, 2.45) is 5.92 Å². The highest BCUT2D eigenvalue weighted by molar-refractivity contribution is 5.77. The van der Waals surface area contributed by atoms with Crippen LogP contribution in [0.15, 0.2) is 29.1 Å². The van der Waals surface area contributed by atoms with Gasteiger partial charge in [-0.1, -0.05) is 12.1 Å². The summed E-state index contributed by atoms with van der Waals surface area (Å²) >= 11 is 0. The van der Waals surface area contributed by atoms with Crippen LogP contribution in [0, 0.1) is 5.92 Å². The molecule has 1 saturated heterocycles. The summed E-state index contributed by atoms with van der Waals surface area (Å²) < 4.78 is 10.9. The van der Waals surface area contributed by atoms with E-state index in [-0.39, 0.29) is 5.56 Å². The lowest BCUT2D eigenvalue weighted by atomic mass is 10.0. The van der Waals surface area contributed by atoms with Gasteiger partial charge in [-0.05, 0) is 30.9 Å². The number of nitrogens with zero attached hydrogens (tertiary/aromatic N) is 1. The average Bonchev–Trinajstić information content (AvgIpc) is 2.46. The number of H-pyrrole nitrogens is 1. The Morgan fingerprint density at radius 1 is 1.32 bits per heavy atom. The van der Waals surface area contributed by atoms with Gasteiger partial charge >= 0.3 is 0 Å². The first-order valence-corrected chi connectivity index (χ1v) is 6.52. The normalized spacial score (nSPS) is 16.6. The van der Waals surface area contributed by atoms with Crippen LogP contribution in [-0.2, 0) is 4.74 Å². The molecule has 3 rings (SSSR count). The summed E-state index contributed by atoms with van der Waals surface area (Å²) in [5.74, 6) is 0.477. The molecule has 0 saturated carbocycles. The number of benzene rings is 1. The maximum Gasteiger partial charge on any atom is 0.297 e. The van der Waals surface area contributed by atoms with Gasteiger partial charge in [0.25, 0.3) is 11.6 Å². The Morgan fingerprint density at radius 3 is 2.95 bits per heavy atom. The zero-order valence-corrected chi connectivity index (χ0v) is 10.6. The standard InChI is InChI=1S/C14H16N2O3/c17-13-11-3-1-2-4-12(11)15-14(16-13)19-9-10-5-7-18-8-6-10/h1-4,10H,5-9H2,(H,15,16,17). The fourth-order valence-corrected chi connectivity index (χ4v) is 2.24. The minimum absolute atomic E-state index is 0.160. The van der Waals surface area contributed by atoms with Crippen molar-refractivity contribution in [1.82, 2.24) is 9.97 Å². The molecule has 0 atom stereocenters. The molecule has 0 bridgehead atoms. The van der Waals surface area contributed by atoms with Crippen molar-refractivity contribution in [3.8, 4) is 6.01 Å². The number of hydrogen-bond donors (Lipinski definition) is 1. The van der Waals surface area contributed by atoms with Crippen LogP contribution in [0.5, 0.6) is 6.01 Å². The van der Waals surface area contributed by atoms with Crippen molar-refractivity contribution in [1.29, 1.82) is 0 Å². The highest BCUT2D eigenvalue weighted by Crippen LogP contribution is 2.16. The molecule has 0 spiro atoms. The topological polar surface area (TPSA) is 64.2 Å². The fraction of sp³-hybridized carbons (Fsp3) is 0.429. The van der Waals surface area contributed by atoms with Gasteiger partial charge in [-0.2, -0.15) is 4.98 Å². The van der Waals surface area contributed by atoms with Crippen molar-refractivity contribution in [3.05, 3.63) is 34.6 Å². The zero-order valence-electron chi connectivity index (χ0n) is 10.6. The Kier molecular flexibility index (Phi) is 3.46. The molecule has 0 unspecified atom stereocenters. The van der Waals surface area contributed by atoms with Crippen LogP contribution < -0.4 is 10.3 Å². The van der Waals surface area contributed by atoms with E-state index in [0.29, 0.717) is 29.4 Å². The van der Waals surface area contributed by atoms with Gasteiger partial charge in [-0.25, -0.2) is 0 Å². The Bertz CT molecular complexity index is 617. The summed E-state index contributed by atoms with van der Waals surface area (Å²) in [6, 6.07) is 7.55. The van der Waals surface area contributed by atoms with E-state index < -0.39 is 0 Å². The quantitative estimate of drug-likeness (QED) is 0.912. The van der Waals surface area contributed by atoms with E-state index in [2.05, 4.69) is 9.97 Å². The van der Waals surface area contributed by atoms with E-state index in [0.717, 1.165) is 26.1 Å². The summed E-state index contributed by atoms with van der Waals surface area (Å²) in [4.78, 5) is 18.8. The van der Waals surface area contributed by atoms with Crippen molar-refractivity contribution >= 4 is 10.9 Å². The first-order valence-electron chi connectivity index (χ1n) is 6.52. The maximum absolute atomic E-state index is 11.9. The third-order valence-corrected chi connectivity index (χ3v) is 3.39. The first kappa shape index (κ1) is 12.2. The van der Waals surface area contributed by atoms with Crippen LogP contribution in [0.4, 0.5) is 0 Å². The fourth-order valence-electron chi connectivity index (χ4n) is 2.24. The van der Waals surface area contributed by atoms with E-state index in [1.165, 1.54) is 0 Å². The molecule has 1 aromatic heterocycles. The number of para-hydroxylation sites is 1. The molecule has 2 heterocycles. The van der Waals surface area contributed by atoms with Crippen molar-refractivity contribution in [2.45, 2.75) is 12.8 Å². The second kappa shape index (κ2) is 5.40. The monoisotopic (exact) mass is 260 g/mol. The van der Waals surface area contributed by atoms with E-state index in [1.807, 2.05) is 18.2 Å². The van der Waals surface area contributed by atoms with Gasteiger partial charge in [0.2, 0.25) is 0 Å². The zero-order chi connectivity index (χ0) is 13.1. The van der Waals surface area contributed by atoms with E-state index >= 15 is 0 Å². The summed E-state index contributed by atoms with van der Waals surface area (Å²) in [5.41, 5.74) is 0.501. The highest BCUT2D eigenvalue weighted by atomic mass is 16.5. The number of ether oxygens (including phenoxy) is 2. The summed E-state index contributed by atoms with van der Waals surface area (Å²) in [7, 11) is 0. The minimum atomic E-state index is -0.160. The summed E-state index contributed by atoms with van der Waals surface area (Å²) in [6.45, 7) is 2.15. The molecule has 0 amide bonds. The number of aromatic nitrogens is 2. The largest absolute Gasteiger partial charge is 0.464 e. The highest BCUT2D eigenvalue weighted by Gasteiger charge is 2.15. The minimum Gasteiger partial charge on any atom is -0.464 e. The van der Waals surface area contributed by atoms with Crippen molar-refractivity contribution in [2.75, 3.05) is 19.8 Å². The lowest BCUT2D eigenvalue weighted by Gasteiger charge is -2.21. The SMILES string of the molecule is O=c1[nH]c(OCC2CCOCC2)nc2ccccc12. The molecule has 5 nitrogen and oxygen atoms in total. The summed E-state index contributed by atoms with van der Waals surface area (Å²) in [6.07, 6.45) is 2.00. The number of hydrogen-bond acceptors (Lipinski definition) is 4. The van der Waals surface area contributed by atoms with Gasteiger partial charge in [0.05, 0.1) is 17.5 Å². The Hall–Kier alpha value is -1.88. The van der Waals surface area contributed by atoms with E-state index in [1.54, 1.807) is 6.07 Å². The number of nitrogens with one attached hydrogen (secondary N) is 1. The van der Waals surface area contributed by atoms with Crippen LogP contribution >= 0.6 is 0 Å². The van der Waals surface area contributed by atoms with E-state index in [9.17, 15) is 4.79 Å². The number of aromatic amines is 1. The van der Waals surface area contributed by atoms with Crippen LogP contribution in [0.2, 0.25) is 0 Å². The molecular formula is C14H16N2O3.